The summed E-state index contributed by atoms with van der Waals surface area (Å²) in [5, 5.41) is 8.31. The molecule has 0 N–H and O–H groups in total. The number of allylic oxidation sites excluding steroid dienone is 2. The van der Waals surface area contributed by atoms with Crippen LogP contribution in [0.2, 0.25) is 0 Å². The minimum absolute atomic E-state index is 0.999. The van der Waals surface area contributed by atoms with Gasteiger partial charge in [-0.1, -0.05) is 131 Å². The summed E-state index contributed by atoms with van der Waals surface area (Å²) < 4.78 is 0. The first kappa shape index (κ1) is 32.4. The highest BCUT2D eigenvalue weighted by Gasteiger charge is 2.15. The van der Waals surface area contributed by atoms with Crippen LogP contribution in [0.5, 0.6) is 0 Å². The zero-order valence-corrected chi connectivity index (χ0v) is 29.1. The Morgan fingerprint density at radius 1 is 0.609 bits per heavy atom. The van der Waals surface area contributed by atoms with Gasteiger partial charge in [0.2, 0.25) is 0 Å². The number of fused-ring (bicyclic) bond motifs is 3. The topological polar surface area (TPSA) is 0 Å². The van der Waals surface area contributed by atoms with Crippen molar-refractivity contribution in [3.8, 4) is 10.4 Å². The number of aryl methyl sites for hydroxylation is 2. The zero-order chi connectivity index (χ0) is 31.7. The first-order valence-corrected chi connectivity index (χ1v) is 18.6. The number of hydrogen-bond acceptors (Lipinski definition) is 2. The molecular weight excluding hydrogens is 593 g/mol. The van der Waals surface area contributed by atoms with E-state index in [1.165, 1.54) is 116 Å². The van der Waals surface area contributed by atoms with Gasteiger partial charge in [-0.2, -0.15) is 0 Å². The molecule has 0 radical (unpaired) electrons. The maximum Gasteiger partial charge on any atom is 0.0349 e. The third-order valence-corrected chi connectivity index (χ3v) is 10.8. The highest BCUT2D eigenvalue weighted by molar-refractivity contribution is 7.90. The molecule has 1 heterocycles. The third-order valence-electron chi connectivity index (χ3n) is 9.28. The van der Waals surface area contributed by atoms with E-state index in [2.05, 4.69) is 129 Å². The second-order valence-electron chi connectivity index (χ2n) is 12.6. The molecule has 0 aliphatic carbocycles. The van der Waals surface area contributed by atoms with Crippen molar-refractivity contribution in [3.63, 3.8) is 0 Å². The van der Waals surface area contributed by atoms with Gasteiger partial charge in [0.15, 0.2) is 0 Å². The lowest BCUT2D eigenvalue weighted by Gasteiger charge is -2.18. The van der Waals surface area contributed by atoms with Gasteiger partial charge in [0, 0.05) is 14.7 Å². The van der Waals surface area contributed by atoms with E-state index >= 15 is 0 Å². The summed E-state index contributed by atoms with van der Waals surface area (Å²) in [6.45, 7) is 4.59. The lowest BCUT2D eigenvalue weighted by Crippen LogP contribution is -1.98. The lowest BCUT2D eigenvalue weighted by atomic mass is 9.86. The molecule has 6 aromatic rings. The SMILES string of the molecule is CCCCCCc1c2ccccc2c(CCCCCC)c2cc(/C(S)=C/C=C/c3ccc(-c4ccc5ccccc5c4)s3)ccc12. The monoisotopic (exact) mass is 638 g/mol. The molecule has 0 bridgehead atoms. The van der Waals surface area contributed by atoms with E-state index in [9.17, 15) is 0 Å². The molecule has 2 heteroatoms. The fraction of sp³-hybridized carbons (Fsp3) is 0.273. The number of hydrogen-bond donors (Lipinski definition) is 1. The number of benzene rings is 5. The van der Waals surface area contributed by atoms with Gasteiger partial charge in [-0.25, -0.2) is 0 Å². The molecule has 0 fully saturated rings. The Morgan fingerprint density at radius 2 is 1.26 bits per heavy atom. The van der Waals surface area contributed by atoms with E-state index in [4.69, 9.17) is 12.6 Å². The molecule has 0 saturated carbocycles. The van der Waals surface area contributed by atoms with E-state index in [0.717, 1.165) is 17.7 Å². The van der Waals surface area contributed by atoms with Crippen molar-refractivity contribution in [2.45, 2.75) is 78.1 Å². The van der Waals surface area contributed by atoms with Crippen LogP contribution in [-0.2, 0) is 12.8 Å². The highest BCUT2D eigenvalue weighted by atomic mass is 32.1. The van der Waals surface area contributed by atoms with Crippen LogP contribution in [-0.4, -0.2) is 0 Å². The highest BCUT2D eigenvalue weighted by Crippen LogP contribution is 2.37. The molecule has 6 rings (SSSR count). The summed E-state index contributed by atoms with van der Waals surface area (Å²) in [6, 6.07) is 36.0. The Kier molecular flexibility index (Phi) is 11.1. The molecule has 1 aromatic heterocycles. The molecule has 0 unspecified atom stereocenters. The number of unbranched alkanes of at least 4 members (excludes halogenated alkanes) is 6. The number of rotatable bonds is 14. The molecule has 0 amide bonds. The van der Waals surface area contributed by atoms with Gasteiger partial charge >= 0.3 is 0 Å². The first-order chi connectivity index (χ1) is 22.7. The zero-order valence-electron chi connectivity index (χ0n) is 27.4. The predicted octanol–water partition coefficient (Wildman–Crippen LogP) is 14.1. The summed E-state index contributed by atoms with van der Waals surface area (Å²) in [4.78, 5) is 3.53. The van der Waals surface area contributed by atoms with Gasteiger partial charge in [-0.05, 0) is 117 Å². The summed E-state index contributed by atoms with van der Waals surface area (Å²) in [7, 11) is 0. The van der Waals surface area contributed by atoms with E-state index in [0.29, 0.717) is 0 Å². The van der Waals surface area contributed by atoms with Crippen molar-refractivity contribution in [1.82, 2.24) is 0 Å². The average molecular weight is 639 g/mol. The Labute approximate surface area is 285 Å². The first-order valence-electron chi connectivity index (χ1n) is 17.3. The van der Waals surface area contributed by atoms with Crippen LogP contribution in [0.25, 0.3) is 53.7 Å². The molecule has 0 atom stereocenters. The average Bonchev–Trinajstić information content (AvgIpc) is 3.57. The lowest BCUT2D eigenvalue weighted by molar-refractivity contribution is 0.668. The van der Waals surface area contributed by atoms with Gasteiger partial charge in [-0.15, -0.1) is 24.0 Å². The summed E-state index contributed by atoms with van der Waals surface area (Å²) in [5.74, 6) is 0. The van der Waals surface area contributed by atoms with Gasteiger partial charge in [0.05, 0.1) is 0 Å². The van der Waals surface area contributed by atoms with Crippen molar-refractivity contribution in [2.24, 2.45) is 0 Å². The molecule has 5 aromatic carbocycles. The van der Waals surface area contributed by atoms with Crippen LogP contribution in [0.1, 0.15) is 86.8 Å². The van der Waals surface area contributed by atoms with Crippen molar-refractivity contribution >= 4 is 67.3 Å². The molecule has 0 aliphatic rings. The molecule has 0 nitrogen and oxygen atoms in total. The standard InChI is InChI=1S/C44H46S2/c1-3-5-7-9-19-39-37-21-13-14-22-38(37)40(20-10-8-6-4-2)42-31-34(26-28-41(39)42)43(45)23-15-18-36-27-29-44(46-36)35-25-24-32-16-11-12-17-33(32)30-35/h11-18,21-31,45H,3-10,19-20H2,1-2H3/b18-15+,43-23-. The third kappa shape index (κ3) is 7.51. The van der Waals surface area contributed by atoms with E-state index in [1.54, 1.807) is 0 Å². The van der Waals surface area contributed by atoms with Crippen LogP contribution in [0, 0.1) is 0 Å². The smallest absolute Gasteiger partial charge is 0.0349 e. The van der Waals surface area contributed by atoms with E-state index < -0.39 is 0 Å². The number of thiol groups is 1. The van der Waals surface area contributed by atoms with Gasteiger partial charge in [0.25, 0.3) is 0 Å². The van der Waals surface area contributed by atoms with Crippen LogP contribution in [0.15, 0.2) is 109 Å². The second kappa shape index (κ2) is 15.8. The Balaban J connectivity index is 1.29. The minimum atomic E-state index is 0.999. The Morgan fingerprint density at radius 3 is 1.98 bits per heavy atom. The summed E-state index contributed by atoms with van der Waals surface area (Å²) in [5.41, 5.74) is 5.49. The molecule has 46 heavy (non-hydrogen) atoms. The largest absolute Gasteiger partial charge is 0.143 e. The maximum absolute atomic E-state index is 5.01. The normalized spacial score (nSPS) is 12.3. The van der Waals surface area contributed by atoms with Crippen LogP contribution >= 0.6 is 24.0 Å². The van der Waals surface area contributed by atoms with Gasteiger partial charge in [0.1, 0.15) is 0 Å². The van der Waals surface area contributed by atoms with Gasteiger partial charge in [-0.3, -0.25) is 0 Å². The second-order valence-corrected chi connectivity index (χ2v) is 14.2. The molecule has 0 spiro atoms. The maximum atomic E-state index is 5.01. The van der Waals surface area contributed by atoms with Crippen LogP contribution in [0.4, 0.5) is 0 Å². The van der Waals surface area contributed by atoms with Gasteiger partial charge < -0.3 is 0 Å². The van der Waals surface area contributed by atoms with Crippen LogP contribution in [0.3, 0.4) is 0 Å². The molecular formula is C44H46S2. The minimum Gasteiger partial charge on any atom is -0.143 e. The van der Waals surface area contributed by atoms with E-state index in [-0.39, 0.29) is 0 Å². The Hall–Kier alpha value is -3.59. The van der Waals surface area contributed by atoms with E-state index in [1.807, 2.05) is 11.3 Å². The molecule has 0 saturated heterocycles. The van der Waals surface area contributed by atoms with Crippen molar-refractivity contribution < 1.29 is 0 Å². The summed E-state index contributed by atoms with van der Waals surface area (Å²) >= 11 is 6.84. The van der Waals surface area contributed by atoms with Crippen molar-refractivity contribution in [3.05, 3.63) is 131 Å². The molecule has 0 aliphatic heterocycles. The fourth-order valence-electron chi connectivity index (χ4n) is 6.78. The fourth-order valence-corrected chi connectivity index (χ4v) is 7.92. The Bertz CT molecular complexity index is 1990. The quantitative estimate of drug-likeness (QED) is 0.0522. The van der Waals surface area contributed by atoms with Crippen molar-refractivity contribution in [2.75, 3.05) is 0 Å². The number of thiophene rings is 1. The predicted molar refractivity (Wildman–Crippen MR) is 210 cm³/mol. The molecule has 234 valence electrons. The van der Waals surface area contributed by atoms with Crippen molar-refractivity contribution in [1.29, 1.82) is 0 Å². The van der Waals surface area contributed by atoms with Crippen LogP contribution < -0.4 is 0 Å². The summed E-state index contributed by atoms with van der Waals surface area (Å²) in [6.07, 6.45) is 19.0.